The minimum Gasteiger partial charge on any atom is -0.353 e. The van der Waals surface area contributed by atoms with E-state index in [-0.39, 0.29) is 17.9 Å². The minimum absolute atomic E-state index is 0.117. The van der Waals surface area contributed by atoms with Crippen LogP contribution in [0, 0.1) is 5.92 Å². The van der Waals surface area contributed by atoms with E-state index in [0.29, 0.717) is 13.1 Å². The third-order valence-electron chi connectivity index (χ3n) is 4.17. The number of carbonyl (C=O) groups excluding carboxylic acids is 1. The van der Waals surface area contributed by atoms with Crippen LogP contribution in [0.4, 0.5) is 5.82 Å². The first-order valence-electron chi connectivity index (χ1n) is 7.95. The molecule has 7 nitrogen and oxygen atoms in total. The molecule has 1 aliphatic rings. The van der Waals surface area contributed by atoms with Crippen molar-refractivity contribution in [2.75, 3.05) is 31.1 Å². The molecule has 1 atom stereocenters. The third-order valence-corrected chi connectivity index (χ3v) is 4.17. The molecule has 3 heterocycles. The van der Waals surface area contributed by atoms with Gasteiger partial charge in [0, 0.05) is 32.4 Å². The fraction of sp³-hybridized carbons (Fsp3) is 0.500. The van der Waals surface area contributed by atoms with Crippen LogP contribution in [0.15, 0.2) is 37.1 Å². The van der Waals surface area contributed by atoms with Gasteiger partial charge in [0.1, 0.15) is 24.5 Å². The lowest BCUT2D eigenvalue weighted by Crippen LogP contribution is -2.51. The predicted molar refractivity (Wildman–Crippen MR) is 86.9 cm³/mol. The lowest BCUT2D eigenvalue weighted by molar-refractivity contribution is -0.136. The number of hydrogen-bond donors (Lipinski definition) is 0. The second-order valence-corrected chi connectivity index (χ2v) is 6.06. The van der Waals surface area contributed by atoms with Gasteiger partial charge in [0.15, 0.2) is 0 Å². The molecule has 1 fully saturated rings. The first kappa shape index (κ1) is 15.5. The number of rotatable bonds is 4. The Morgan fingerprint density at radius 2 is 1.96 bits per heavy atom. The summed E-state index contributed by atoms with van der Waals surface area (Å²) in [6.45, 7) is 7.07. The topological polar surface area (TPSA) is 67.2 Å². The van der Waals surface area contributed by atoms with Crippen molar-refractivity contribution in [2.45, 2.75) is 19.9 Å². The molecule has 0 bridgehead atoms. The molecule has 0 spiro atoms. The highest BCUT2D eigenvalue weighted by molar-refractivity contribution is 5.80. The Morgan fingerprint density at radius 3 is 2.52 bits per heavy atom. The molecule has 0 aromatic carbocycles. The fourth-order valence-corrected chi connectivity index (χ4v) is 2.95. The number of pyridine rings is 1. The monoisotopic (exact) mass is 314 g/mol. The Kier molecular flexibility index (Phi) is 4.55. The average molecular weight is 314 g/mol. The van der Waals surface area contributed by atoms with Gasteiger partial charge >= 0.3 is 0 Å². The number of piperazine rings is 1. The number of carbonyl (C=O) groups is 1. The second-order valence-electron chi connectivity index (χ2n) is 6.06. The molecular formula is C16H22N6O. The molecule has 23 heavy (non-hydrogen) atoms. The van der Waals surface area contributed by atoms with Crippen LogP contribution in [0.1, 0.15) is 19.9 Å². The molecule has 0 radical (unpaired) electrons. The second kappa shape index (κ2) is 6.76. The van der Waals surface area contributed by atoms with E-state index in [1.807, 2.05) is 36.9 Å². The molecule has 1 unspecified atom stereocenters. The van der Waals surface area contributed by atoms with Crippen molar-refractivity contribution < 1.29 is 4.79 Å². The maximum Gasteiger partial charge on any atom is 0.247 e. The zero-order chi connectivity index (χ0) is 16.2. The summed E-state index contributed by atoms with van der Waals surface area (Å²) in [5.41, 5.74) is 0. The summed E-state index contributed by atoms with van der Waals surface area (Å²) in [5, 5.41) is 4.15. The largest absolute Gasteiger partial charge is 0.353 e. The summed E-state index contributed by atoms with van der Waals surface area (Å²) >= 11 is 0. The van der Waals surface area contributed by atoms with Crippen molar-refractivity contribution in [2.24, 2.45) is 5.92 Å². The zero-order valence-corrected chi connectivity index (χ0v) is 13.5. The van der Waals surface area contributed by atoms with E-state index in [4.69, 9.17) is 0 Å². The van der Waals surface area contributed by atoms with Crippen LogP contribution in [0.25, 0.3) is 0 Å². The van der Waals surface area contributed by atoms with Gasteiger partial charge in [-0.3, -0.25) is 4.79 Å². The van der Waals surface area contributed by atoms with E-state index in [2.05, 4.69) is 20.0 Å². The summed E-state index contributed by atoms with van der Waals surface area (Å²) in [6, 6.07) is 5.61. The molecule has 2 aromatic rings. The predicted octanol–water partition coefficient (Wildman–Crippen LogP) is 1.22. The zero-order valence-electron chi connectivity index (χ0n) is 13.5. The first-order valence-corrected chi connectivity index (χ1v) is 7.95. The van der Waals surface area contributed by atoms with E-state index < -0.39 is 0 Å². The summed E-state index contributed by atoms with van der Waals surface area (Å²) in [6.07, 6.45) is 4.89. The van der Waals surface area contributed by atoms with Crippen molar-refractivity contribution >= 4 is 11.7 Å². The van der Waals surface area contributed by atoms with Gasteiger partial charge < -0.3 is 9.80 Å². The molecular weight excluding hydrogens is 292 g/mol. The quantitative estimate of drug-likeness (QED) is 0.849. The highest BCUT2D eigenvalue weighted by Crippen LogP contribution is 2.21. The van der Waals surface area contributed by atoms with Crippen molar-refractivity contribution in [1.82, 2.24) is 24.6 Å². The van der Waals surface area contributed by atoms with E-state index in [1.165, 1.54) is 6.33 Å². The maximum absolute atomic E-state index is 12.9. The van der Waals surface area contributed by atoms with Crippen LogP contribution in [0.5, 0.6) is 0 Å². The Hall–Kier alpha value is -2.44. The standard InChI is InChI=1S/C16H22N6O/c1-13(2)15(22-12-17-11-19-22)16(23)21-9-7-20(8-10-21)14-5-3-4-6-18-14/h3-6,11-13,15H,7-10H2,1-2H3. The fourth-order valence-electron chi connectivity index (χ4n) is 2.95. The Morgan fingerprint density at radius 1 is 1.17 bits per heavy atom. The third kappa shape index (κ3) is 3.33. The number of amides is 1. The Balaban J connectivity index is 1.66. The minimum atomic E-state index is -0.293. The molecule has 122 valence electrons. The Labute approximate surface area is 135 Å². The summed E-state index contributed by atoms with van der Waals surface area (Å²) < 4.78 is 1.66. The lowest BCUT2D eigenvalue weighted by atomic mass is 10.0. The molecule has 2 aromatic heterocycles. The van der Waals surface area contributed by atoms with Crippen LogP contribution < -0.4 is 4.90 Å². The van der Waals surface area contributed by atoms with Crippen molar-refractivity contribution in [1.29, 1.82) is 0 Å². The van der Waals surface area contributed by atoms with Gasteiger partial charge in [0.2, 0.25) is 5.91 Å². The van der Waals surface area contributed by atoms with Crippen molar-refractivity contribution in [3.63, 3.8) is 0 Å². The van der Waals surface area contributed by atoms with Crippen LogP contribution >= 0.6 is 0 Å². The molecule has 3 rings (SSSR count). The first-order chi connectivity index (χ1) is 11.2. The summed E-state index contributed by atoms with van der Waals surface area (Å²) in [7, 11) is 0. The molecule has 0 saturated carbocycles. The van der Waals surface area contributed by atoms with Gasteiger partial charge in [-0.1, -0.05) is 19.9 Å². The summed E-state index contributed by atoms with van der Waals surface area (Å²) in [4.78, 5) is 25.4. The average Bonchev–Trinajstić information content (AvgIpc) is 3.09. The van der Waals surface area contributed by atoms with E-state index in [0.717, 1.165) is 18.9 Å². The van der Waals surface area contributed by atoms with Crippen LogP contribution in [0.3, 0.4) is 0 Å². The van der Waals surface area contributed by atoms with E-state index in [9.17, 15) is 4.79 Å². The highest BCUT2D eigenvalue weighted by Gasteiger charge is 2.31. The Bertz CT molecular complexity index is 619. The number of aromatic nitrogens is 4. The SMILES string of the molecule is CC(C)C(C(=O)N1CCN(c2ccccn2)CC1)n1cncn1. The van der Waals surface area contributed by atoms with Gasteiger partial charge in [-0.15, -0.1) is 0 Å². The van der Waals surface area contributed by atoms with Crippen LogP contribution in [-0.2, 0) is 4.79 Å². The van der Waals surface area contributed by atoms with Gasteiger partial charge in [0.05, 0.1) is 0 Å². The van der Waals surface area contributed by atoms with Crippen molar-refractivity contribution in [3.05, 3.63) is 37.1 Å². The molecule has 1 saturated heterocycles. The normalized spacial score (nSPS) is 16.7. The molecule has 0 aliphatic carbocycles. The summed E-state index contributed by atoms with van der Waals surface area (Å²) in [5.74, 6) is 1.25. The van der Waals surface area contributed by atoms with Gasteiger partial charge in [0.25, 0.3) is 0 Å². The number of nitrogens with zero attached hydrogens (tertiary/aromatic N) is 6. The van der Waals surface area contributed by atoms with Crippen LogP contribution in [-0.4, -0.2) is 56.7 Å². The van der Waals surface area contributed by atoms with Crippen LogP contribution in [0.2, 0.25) is 0 Å². The molecule has 0 N–H and O–H groups in total. The lowest BCUT2D eigenvalue weighted by Gasteiger charge is -2.37. The van der Waals surface area contributed by atoms with E-state index >= 15 is 0 Å². The molecule has 1 aliphatic heterocycles. The molecule has 7 heteroatoms. The maximum atomic E-state index is 12.9. The van der Waals surface area contributed by atoms with Gasteiger partial charge in [-0.2, -0.15) is 5.10 Å². The number of hydrogen-bond acceptors (Lipinski definition) is 5. The highest BCUT2D eigenvalue weighted by atomic mass is 16.2. The van der Waals surface area contributed by atoms with Crippen molar-refractivity contribution in [3.8, 4) is 0 Å². The van der Waals surface area contributed by atoms with E-state index in [1.54, 1.807) is 17.2 Å². The van der Waals surface area contributed by atoms with Gasteiger partial charge in [-0.05, 0) is 18.1 Å². The molecule has 1 amide bonds. The van der Waals surface area contributed by atoms with Gasteiger partial charge in [-0.25, -0.2) is 14.6 Å². The number of anilines is 1. The smallest absolute Gasteiger partial charge is 0.247 e.